The number of ether oxygens (including phenoxy) is 1. The molecule has 0 aliphatic carbocycles. The summed E-state index contributed by atoms with van der Waals surface area (Å²) >= 11 is 8.64. The Morgan fingerprint density at radius 3 is 2.64 bits per heavy atom. The van der Waals surface area contributed by atoms with E-state index in [0.717, 1.165) is 25.0 Å². The van der Waals surface area contributed by atoms with E-state index in [-0.39, 0.29) is 23.1 Å². The molecule has 124 valence electrons. The van der Waals surface area contributed by atoms with Crippen molar-refractivity contribution in [1.29, 1.82) is 0 Å². The minimum atomic E-state index is -0.253. The molecule has 1 N–H and O–H groups in total. The zero-order valence-corrected chi connectivity index (χ0v) is 15.4. The third-order valence-electron chi connectivity index (χ3n) is 4.72. The highest BCUT2D eigenvalue weighted by atomic mass is 32.2. The van der Waals surface area contributed by atoms with Gasteiger partial charge in [-0.1, -0.05) is 60.3 Å². The lowest BCUT2D eigenvalue weighted by Gasteiger charge is -2.39. The van der Waals surface area contributed by atoms with E-state index in [1.54, 1.807) is 23.1 Å². The number of H-pyrrole nitrogens is 1. The lowest BCUT2D eigenvalue weighted by atomic mass is 9.78. The second-order valence-electron chi connectivity index (χ2n) is 6.12. The monoisotopic (exact) mass is 383 g/mol. The number of carbonyl (C=O) groups excluding carboxylic acids is 1. The third kappa shape index (κ3) is 2.39. The van der Waals surface area contributed by atoms with Gasteiger partial charge in [0.25, 0.3) is 0 Å². The minimum absolute atomic E-state index is 0.000180. The van der Waals surface area contributed by atoms with Crippen LogP contribution in [0.2, 0.25) is 0 Å². The number of hydrogen-bond acceptors (Lipinski definition) is 5. The molecule has 0 saturated heterocycles. The first-order chi connectivity index (χ1) is 12.2. The molecule has 0 radical (unpaired) electrons. The van der Waals surface area contributed by atoms with E-state index in [1.807, 2.05) is 36.4 Å². The zero-order chi connectivity index (χ0) is 17.0. The third-order valence-corrected chi connectivity index (χ3v) is 7.54. The first kappa shape index (κ1) is 15.4. The summed E-state index contributed by atoms with van der Waals surface area (Å²) in [6, 6.07) is 18.0. The Labute approximate surface area is 158 Å². The molecule has 2 aliphatic rings. The molecule has 0 saturated carbocycles. The van der Waals surface area contributed by atoms with Gasteiger partial charge in [0.15, 0.2) is 3.95 Å². The summed E-state index contributed by atoms with van der Waals surface area (Å²) in [6.45, 7) is 0. The largest absolute Gasteiger partial charge is 0.426 e. The standard InChI is InChI=1S/C19H13NO2S3/c21-18-14-13(11-8-4-5-9-12(11)22-18)16-17(20-19(23)25-16)24-15(14)10-6-2-1-3-7-10/h1-9,13-15H,(H,20,23)/t13-,14-,15-/m0/s1. The number of thioether (sulfide) groups is 1. The molecule has 5 rings (SSSR count). The van der Waals surface area contributed by atoms with Gasteiger partial charge in [0.05, 0.1) is 16.2 Å². The van der Waals surface area contributed by atoms with Gasteiger partial charge in [-0.25, -0.2) is 0 Å². The van der Waals surface area contributed by atoms with E-state index in [2.05, 4.69) is 23.2 Å². The first-order valence-electron chi connectivity index (χ1n) is 7.97. The number of esters is 1. The van der Waals surface area contributed by atoms with Gasteiger partial charge in [0, 0.05) is 16.4 Å². The van der Waals surface area contributed by atoms with Crippen LogP contribution in [-0.4, -0.2) is 11.0 Å². The maximum absolute atomic E-state index is 12.9. The van der Waals surface area contributed by atoms with Crippen LogP contribution in [0.3, 0.4) is 0 Å². The molecule has 0 amide bonds. The van der Waals surface area contributed by atoms with Crippen molar-refractivity contribution in [1.82, 2.24) is 4.98 Å². The maximum Gasteiger partial charge on any atom is 0.316 e. The van der Waals surface area contributed by atoms with Gasteiger partial charge in [-0.2, -0.15) is 0 Å². The molecule has 3 heterocycles. The summed E-state index contributed by atoms with van der Waals surface area (Å²) in [5, 5.41) is 1.08. The van der Waals surface area contributed by atoms with Crippen molar-refractivity contribution in [2.75, 3.05) is 0 Å². The van der Waals surface area contributed by atoms with Crippen molar-refractivity contribution >= 4 is 41.3 Å². The Bertz CT molecular complexity index is 1020. The van der Waals surface area contributed by atoms with Crippen LogP contribution in [0.15, 0.2) is 59.6 Å². The molecule has 2 aromatic carbocycles. The van der Waals surface area contributed by atoms with E-state index in [4.69, 9.17) is 17.0 Å². The Kier molecular flexibility index (Phi) is 3.58. The molecule has 0 fully saturated rings. The predicted octanol–water partition coefficient (Wildman–Crippen LogP) is 5.32. The number of nitrogens with one attached hydrogen (secondary N) is 1. The van der Waals surface area contributed by atoms with E-state index in [0.29, 0.717) is 5.75 Å². The number of hydrogen-bond donors (Lipinski definition) is 1. The Hall–Kier alpha value is -1.89. The van der Waals surface area contributed by atoms with Gasteiger partial charge >= 0.3 is 5.97 Å². The van der Waals surface area contributed by atoms with Crippen molar-refractivity contribution in [3.8, 4) is 5.75 Å². The summed E-state index contributed by atoms with van der Waals surface area (Å²) in [7, 11) is 0. The minimum Gasteiger partial charge on any atom is -0.426 e. The topological polar surface area (TPSA) is 42.1 Å². The van der Waals surface area contributed by atoms with Gasteiger partial charge < -0.3 is 9.72 Å². The Morgan fingerprint density at radius 2 is 1.80 bits per heavy atom. The molecule has 3 aromatic rings. The Morgan fingerprint density at radius 1 is 1.04 bits per heavy atom. The van der Waals surface area contributed by atoms with Crippen molar-refractivity contribution < 1.29 is 9.53 Å². The molecule has 1 aromatic heterocycles. The van der Waals surface area contributed by atoms with Crippen LogP contribution in [-0.2, 0) is 4.79 Å². The van der Waals surface area contributed by atoms with Crippen molar-refractivity contribution in [2.24, 2.45) is 5.92 Å². The number of rotatable bonds is 1. The fourth-order valence-corrected chi connectivity index (χ4v) is 6.71. The van der Waals surface area contributed by atoms with Crippen LogP contribution in [0.1, 0.15) is 27.2 Å². The van der Waals surface area contributed by atoms with Gasteiger partial charge in [0.2, 0.25) is 0 Å². The average molecular weight is 384 g/mol. The first-order valence-corrected chi connectivity index (χ1v) is 10.1. The normalized spacial score (nSPS) is 24.0. The van der Waals surface area contributed by atoms with Crippen LogP contribution in [0, 0.1) is 9.87 Å². The van der Waals surface area contributed by atoms with E-state index < -0.39 is 0 Å². The molecule has 6 heteroatoms. The van der Waals surface area contributed by atoms with Crippen molar-refractivity contribution in [2.45, 2.75) is 16.2 Å². The predicted molar refractivity (Wildman–Crippen MR) is 102 cm³/mol. The highest BCUT2D eigenvalue weighted by Gasteiger charge is 2.49. The molecule has 3 atom stereocenters. The number of benzene rings is 2. The summed E-state index contributed by atoms with van der Waals surface area (Å²) in [6.07, 6.45) is 0. The zero-order valence-electron chi connectivity index (χ0n) is 13.0. The SMILES string of the molecule is O=C1Oc2ccccc2[C@@H]2c3sc(=S)[nH]c3S[C@@H](c3ccccc3)[C@@H]12. The fraction of sp³-hybridized carbons (Fsp3) is 0.158. The molecule has 0 spiro atoms. The second-order valence-corrected chi connectivity index (χ2v) is 8.99. The highest BCUT2D eigenvalue weighted by Crippen LogP contribution is 2.59. The fourth-order valence-electron chi connectivity index (χ4n) is 3.68. The summed E-state index contributed by atoms with van der Waals surface area (Å²) in [5.41, 5.74) is 2.20. The number of thiazole rings is 1. The van der Waals surface area contributed by atoms with Crippen molar-refractivity contribution in [3.05, 3.63) is 74.6 Å². The van der Waals surface area contributed by atoms with Crippen LogP contribution in [0.5, 0.6) is 5.75 Å². The van der Waals surface area contributed by atoms with E-state index >= 15 is 0 Å². The van der Waals surface area contributed by atoms with Gasteiger partial charge in [0.1, 0.15) is 5.75 Å². The lowest BCUT2D eigenvalue weighted by Crippen LogP contribution is -2.37. The molecule has 0 bridgehead atoms. The number of aromatic amines is 1. The molecule has 25 heavy (non-hydrogen) atoms. The second kappa shape index (κ2) is 5.83. The average Bonchev–Trinajstić information content (AvgIpc) is 3.01. The lowest BCUT2D eigenvalue weighted by molar-refractivity contribution is -0.140. The van der Waals surface area contributed by atoms with Crippen LogP contribution >= 0.6 is 35.3 Å². The highest BCUT2D eigenvalue weighted by molar-refractivity contribution is 7.99. The smallest absolute Gasteiger partial charge is 0.316 e. The van der Waals surface area contributed by atoms with Gasteiger partial charge in [-0.05, 0) is 23.8 Å². The molecule has 0 unspecified atom stereocenters. The molecular formula is C19H13NO2S3. The summed E-state index contributed by atoms with van der Waals surface area (Å²) in [4.78, 5) is 17.4. The molecular weight excluding hydrogens is 370 g/mol. The Balaban J connectivity index is 1.75. The van der Waals surface area contributed by atoms with Crippen LogP contribution in [0.4, 0.5) is 0 Å². The molecule has 3 nitrogen and oxygen atoms in total. The summed E-state index contributed by atoms with van der Waals surface area (Å²) in [5.74, 6) is 0.237. The number of fused-ring (bicyclic) bond motifs is 5. The van der Waals surface area contributed by atoms with Crippen LogP contribution in [0.25, 0.3) is 0 Å². The van der Waals surface area contributed by atoms with Gasteiger partial charge in [-0.15, -0.1) is 11.3 Å². The van der Waals surface area contributed by atoms with Crippen LogP contribution < -0.4 is 4.74 Å². The number of para-hydroxylation sites is 1. The van der Waals surface area contributed by atoms with E-state index in [1.165, 1.54) is 0 Å². The van der Waals surface area contributed by atoms with Crippen molar-refractivity contribution in [3.63, 3.8) is 0 Å². The maximum atomic E-state index is 12.9. The van der Waals surface area contributed by atoms with E-state index in [9.17, 15) is 4.79 Å². The number of carbonyl (C=O) groups is 1. The number of aromatic nitrogens is 1. The summed E-state index contributed by atoms with van der Waals surface area (Å²) < 4.78 is 6.44. The quantitative estimate of drug-likeness (QED) is 0.351. The van der Waals surface area contributed by atoms with Gasteiger partial charge in [-0.3, -0.25) is 4.79 Å². The molecule has 2 aliphatic heterocycles.